The quantitative estimate of drug-likeness (QED) is 0.630. The fraction of sp³-hybridized carbons (Fsp3) is 0.214. The second-order valence-corrected chi connectivity index (χ2v) is 4.43. The minimum Gasteiger partial charge on any atom is -0.453 e. The number of furan rings is 1. The van der Waals surface area contributed by atoms with E-state index in [4.69, 9.17) is 4.42 Å². The van der Waals surface area contributed by atoms with Crippen LogP contribution in [0.4, 0.5) is 0 Å². The predicted octanol–water partition coefficient (Wildman–Crippen LogP) is 3.84. The van der Waals surface area contributed by atoms with Crippen molar-refractivity contribution in [3.63, 3.8) is 0 Å². The first kappa shape index (κ1) is 9.98. The number of benzene rings is 1. The Bertz CT molecular complexity index is 741. The van der Waals surface area contributed by atoms with Crippen LogP contribution in [0.25, 0.3) is 21.9 Å². The van der Waals surface area contributed by atoms with Gasteiger partial charge < -0.3 is 8.98 Å². The monoisotopic (exact) mass is 224 g/mol. The molecule has 0 bridgehead atoms. The molecule has 0 atom stereocenters. The van der Waals surface area contributed by atoms with Crippen molar-refractivity contribution in [1.82, 2.24) is 4.57 Å². The van der Waals surface area contributed by atoms with Gasteiger partial charge in [0.2, 0.25) is 0 Å². The zero-order valence-electron chi connectivity index (χ0n) is 9.77. The molecule has 1 aromatic carbocycles. The molecule has 0 fully saturated rings. The third-order valence-electron chi connectivity index (χ3n) is 3.04. The molecule has 17 heavy (non-hydrogen) atoms. The van der Waals surface area contributed by atoms with Crippen molar-refractivity contribution >= 4 is 21.9 Å². The summed E-state index contributed by atoms with van der Waals surface area (Å²) in [6, 6.07) is 10.4. The summed E-state index contributed by atoms with van der Waals surface area (Å²) < 4.78 is 7.72. The molecule has 0 amide bonds. The van der Waals surface area contributed by atoms with Crippen LogP contribution in [0.2, 0.25) is 0 Å². The molecule has 3 aromatic rings. The highest BCUT2D eigenvalue weighted by atomic mass is 16.3. The van der Waals surface area contributed by atoms with E-state index in [0.717, 1.165) is 16.4 Å². The number of nitrogens with zero attached hydrogens (tertiary/aromatic N) is 2. The number of hydrogen-bond donors (Lipinski definition) is 0. The highest BCUT2D eigenvalue weighted by Gasteiger charge is 2.17. The van der Waals surface area contributed by atoms with Crippen molar-refractivity contribution in [2.24, 2.45) is 0 Å². The van der Waals surface area contributed by atoms with E-state index in [1.54, 1.807) is 0 Å². The molecule has 0 aliphatic rings. The summed E-state index contributed by atoms with van der Waals surface area (Å²) in [7, 11) is 0. The molecule has 0 N–H and O–H groups in total. The van der Waals surface area contributed by atoms with Crippen LogP contribution in [-0.2, 0) is 0 Å². The lowest BCUT2D eigenvalue weighted by atomic mass is 10.2. The van der Waals surface area contributed by atoms with Gasteiger partial charge >= 0.3 is 0 Å². The molecular weight excluding hydrogens is 212 g/mol. The molecular formula is C14H12N2O. The normalized spacial score (nSPS) is 11.4. The first-order valence-corrected chi connectivity index (χ1v) is 5.64. The topological polar surface area (TPSA) is 41.9 Å². The van der Waals surface area contributed by atoms with E-state index in [0.29, 0.717) is 11.3 Å². The number of rotatable bonds is 1. The van der Waals surface area contributed by atoms with Crippen molar-refractivity contribution in [2.45, 2.75) is 19.9 Å². The predicted molar refractivity (Wildman–Crippen MR) is 66.8 cm³/mol. The molecule has 2 heterocycles. The van der Waals surface area contributed by atoms with Gasteiger partial charge in [0.1, 0.15) is 11.7 Å². The zero-order valence-corrected chi connectivity index (χ0v) is 9.77. The van der Waals surface area contributed by atoms with E-state index in [1.165, 1.54) is 0 Å². The Hall–Kier alpha value is -2.21. The Labute approximate surface area is 98.9 Å². The molecule has 0 saturated heterocycles. The number of hydrogen-bond acceptors (Lipinski definition) is 2. The number of nitriles is 1. The molecule has 84 valence electrons. The maximum absolute atomic E-state index is 9.25. The van der Waals surface area contributed by atoms with Crippen molar-refractivity contribution in [3.8, 4) is 6.07 Å². The number of aromatic nitrogens is 1. The zero-order chi connectivity index (χ0) is 12.0. The average molecular weight is 224 g/mol. The number of para-hydroxylation sites is 1. The summed E-state index contributed by atoms with van der Waals surface area (Å²) in [5, 5.41) is 11.3. The SMILES string of the molecule is CC(C)n1cc2c(oc3ccccc32)c1C#N. The Morgan fingerprint density at radius 3 is 2.71 bits per heavy atom. The fourth-order valence-electron chi connectivity index (χ4n) is 2.21. The van der Waals surface area contributed by atoms with Crippen molar-refractivity contribution in [2.75, 3.05) is 0 Å². The van der Waals surface area contributed by atoms with E-state index in [2.05, 4.69) is 19.9 Å². The highest BCUT2D eigenvalue weighted by molar-refractivity contribution is 6.06. The fourth-order valence-corrected chi connectivity index (χ4v) is 2.21. The van der Waals surface area contributed by atoms with Crippen LogP contribution in [0.3, 0.4) is 0 Å². The Morgan fingerprint density at radius 1 is 1.24 bits per heavy atom. The Morgan fingerprint density at radius 2 is 2.00 bits per heavy atom. The number of fused-ring (bicyclic) bond motifs is 3. The standard InChI is InChI=1S/C14H12N2O/c1-9(2)16-8-11-10-5-3-4-6-13(10)17-14(11)12(16)7-15/h3-6,8-9H,1-2H3. The molecule has 3 nitrogen and oxygen atoms in total. The third kappa shape index (κ3) is 1.27. The van der Waals surface area contributed by atoms with E-state index in [-0.39, 0.29) is 6.04 Å². The summed E-state index contributed by atoms with van der Waals surface area (Å²) >= 11 is 0. The van der Waals surface area contributed by atoms with Crippen LogP contribution in [0.15, 0.2) is 34.9 Å². The van der Waals surface area contributed by atoms with Gasteiger partial charge in [-0.3, -0.25) is 0 Å². The molecule has 3 heteroatoms. The van der Waals surface area contributed by atoms with Crippen LogP contribution >= 0.6 is 0 Å². The van der Waals surface area contributed by atoms with Crippen molar-refractivity contribution in [1.29, 1.82) is 5.26 Å². The molecule has 0 unspecified atom stereocenters. The van der Waals surface area contributed by atoms with Gasteiger partial charge in [0.05, 0.1) is 0 Å². The minimum atomic E-state index is 0.256. The summed E-state index contributed by atoms with van der Waals surface area (Å²) in [6.07, 6.45) is 2.00. The molecule has 3 rings (SSSR count). The lowest BCUT2D eigenvalue weighted by Crippen LogP contribution is -2.01. The van der Waals surface area contributed by atoms with Crippen LogP contribution < -0.4 is 0 Å². The van der Waals surface area contributed by atoms with Gasteiger partial charge in [0.25, 0.3) is 0 Å². The summed E-state index contributed by atoms with van der Waals surface area (Å²) in [6.45, 7) is 4.11. The van der Waals surface area contributed by atoms with E-state index < -0.39 is 0 Å². The largest absolute Gasteiger partial charge is 0.453 e. The Balaban J connectivity index is 2.47. The summed E-state index contributed by atoms with van der Waals surface area (Å²) in [4.78, 5) is 0. The second kappa shape index (κ2) is 3.39. The van der Waals surface area contributed by atoms with Crippen molar-refractivity contribution < 1.29 is 4.42 Å². The Kier molecular flexibility index (Phi) is 1.99. The molecule has 0 aliphatic heterocycles. The van der Waals surface area contributed by atoms with E-state index in [9.17, 15) is 5.26 Å². The average Bonchev–Trinajstić information content (AvgIpc) is 2.83. The van der Waals surface area contributed by atoms with Gasteiger partial charge in [-0.05, 0) is 19.9 Å². The first-order valence-electron chi connectivity index (χ1n) is 5.64. The van der Waals surface area contributed by atoms with Crippen LogP contribution in [0.5, 0.6) is 0 Å². The maximum Gasteiger partial charge on any atom is 0.171 e. The van der Waals surface area contributed by atoms with Crippen LogP contribution in [-0.4, -0.2) is 4.57 Å². The second-order valence-electron chi connectivity index (χ2n) is 4.43. The van der Waals surface area contributed by atoms with Gasteiger partial charge in [-0.2, -0.15) is 5.26 Å². The molecule has 0 radical (unpaired) electrons. The lowest BCUT2D eigenvalue weighted by molar-refractivity contribution is 0.590. The minimum absolute atomic E-state index is 0.256. The third-order valence-corrected chi connectivity index (χ3v) is 3.04. The molecule has 2 aromatic heterocycles. The molecule has 0 saturated carbocycles. The lowest BCUT2D eigenvalue weighted by Gasteiger charge is -2.07. The maximum atomic E-state index is 9.25. The van der Waals surface area contributed by atoms with Gasteiger partial charge in [0, 0.05) is 23.0 Å². The van der Waals surface area contributed by atoms with Crippen LogP contribution in [0, 0.1) is 11.3 Å². The highest BCUT2D eigenvalue weighted by Crippen LogP contribution is 2.33. The molecule has 0 aliphatic carbocycles. The van der Waals surface area contributed by atoms with Crippen molar-refractivity contribution in [3.05, 3.63) is 36.2 Å². The van der Waals surface area contributed by atoms with E-state index in [1.807, 2.05) is 35.0 Å². The smallest absolute Gasteiger partial charge is 0.171 e. The van der Waals surface area contributed by atoms with Crippen LogP contribution in [0.1, 0.15) is 25.6 Å². The van der Waals surface area contributed by atoms with Gasteiger partial charge in [-0.15, -0.1) is 0 Å². The van der Waals surface area contributed by atoms with Gasteiger partial charge in [-0.1, -0.05) is 18.2 Å². The van der Waals surface area contributed by atoms with Gasteiger partial charge in [-0.25, -0.2) is 0 Å². The van der Waals surface area contributed by atoms with E-state index >= 15 is 0 Å². The molecule has 0 spiro atoms. The van der Waals surface area contributed by atoms with Gasteiger partial charge in [0.15, 0.2) is 11.3 Å². The summed E-state index contributed by atoms with van der Waals surface area (Å²) in [5.41, 5.74) is 2.14. The summed E-state index contributed by atoms with van der Waals surface area (Å²) in [5.74, 6) is 0. The first-order chi connectivity index (χ1) is 8.22.